The van der Waals surface area contributed by atoms with Crippen LogP contribution < -0.4 is 5.56 Å². The normalized spacial score (nSPS) is 11.0. The molecule has 6 nitrogen and oxygen atoms in total. The molecule has 0 fully saturated rings. The van der Waals surface area contributed by atoms with Crippen molar-refractivity contribution in [2.75, 3.05) is 7.11 Å². The van der Waals surface area contributed by atoms with Gasteiger partial charge in [-0.15, -0.1) is 0 Å². The smallest absolute Gasteiger partial charge is 0.373 e. The highest BCUT2D eigenvalue weighted by Crippen LogP contribution is 2.26. The molecule has 2 aromatic carbocycles. The summed E-state index contributed by atoms with van der Waals surface area (Å²) in [5.41, 5.74) is 1.13. The van der Waals surface area contributed by atoms with E-state index >= 15 is 0 Å². The molecule has 0 bridgehead atoms. The number of esters is 1. The van der Waals surface area contributed by atoms with Gasteiger partial charge >= 0.3 is 5.97 Å². The van der Waals surface area contributed by atoms with Gasteiger partial charge in [-0.25, -0.2) is 14.2 Å². The minimum absolute atomic E-state index is 0.0950. The third-order valence-electron chi connectivity index (χ3n) is 4.55. The molecule has 2 aromatic heterocycles. The van der Waals surface area contributed by atoms with Gasteiger partial charge in [0.25, 0.3) is 5.56 Å². The van der Waals surface area contributed by atoms with Crippen molar-refractivity contribution in [3.05, 3.63) is 87.9 Å². The van der Waals surface area contributed by atoms with Gasteiger partial charge in [0.1, 0.15) is 11.6 Å². The van der Waals surface area contributed by atoms with Gasteiger partial charge in [-0.2, -0.15) is 0 Å². The van der Waals surface area contributed by atoms with E-state index in [9.17, 15) is 14.0 Å². The highest BCUT2D eigenvalue weighted by Gasteiger charge is 2.16. The molecule has 0 aliphatic rings. The van der Waals surface area contributed by atoms with Crippen LogP contribution in [0.2, 0.25) is 0 Å². The van der Waals surface area contributed by atoms with Crippen LogP contribution in [0.5, 0.6) is 0 Å². The number of furan rings is 1. The second kappa shape index (κ2) is 8.16. The molecule has 30 heavy (non-hydrogen) atoms. The van der Waals surface area contributed by atoms with Gasteiger partial charge in [0, 0.05) is 0 Å². The van der Waals surface area contributed by atoms with E-state index in [4.69, 9.17) is 4.42 Å². The summed E-state index contributed by atoms with van der Waals surface area (Å²) in [5, 5.41) is 0.826. The van der Waals surface area contributed by atoms with E-state index in [-0.39, 0.29) is 11.3 Å². The van der Waals surface area contributed by atoms with Gasteiger partial charge in [0.2, 0.25) is 5.76 Å². The second-order valence-electron chi connectivity index (χ2n) is 6.53. The monoisotopic (exact) mass is 424 g/mol. The summed E-state index contributed by atoms with van der Waals surface area (Å²) in [7, 11) is 1.28. The molecule has 2 heterocycles. The summed E-state index contributed by atoms with van der Waals surface area (Å²) in [6.07, 6.45) is 0. The Bertz CT molecular complexity index is 1310. The van der Waals surface area contributed by atoms with Crippen LogP contribution in [0.3, 0.4) is 0 Å². The minimum atomic E-state index is -0.567. The molecule has 0 spiro atoms. The van der Waals surface area contributed by atoms with Gasteiger partial charge in [-0.05, 0) is 48.9 Å². The Morgan fingerprint density at radius 1 is 1.20 bits per heavy atom. The fourth-order valence-corrected chi connectivity index (χ4v) is 3.87. The summed E-state index contributed by atoms with van der Waals surface area (Å²) in [6, 6.07) is 14.8. The van der Waals surface area contributed by atoms with E-state index in [0.717, 1.165) is 0 Å². The van der Waals surface area contributed by atoms with Crippen LogP contribution >= 0.6 is 11.8 Å². The zero-order valence-corrected chi connectivity index (χ0v) is 17.0. The summed E-state index contributed by atoms with van der Waals surface area (Å²) in [6.45, 7) is 1.66. The number of aryl methyl sites for hydroxylation is 1. The third-order valence-corrected chi connectivity index (χ3v) is 5.51. The number of carbonyl (C=O) groups excluding carboxylic acids is 1. The predicted molar refractivity (Wildman–Crippen MR) is 112 cm³/mol. The molecule has 0 radical (unpaired) electrons. The molecule has 152 valence electrons. The molecule has 0 aliphatic carbocycles. The standard InChI is InChI=1S/C22H17FN2O4S/c1-13-7-8-14(11-17(13)23)25-20(26)16-5-3-4-6-18(16)24-22(25)30-12-15-9-10-19(29-15)21(27)28-2/h3-11H,12H2,1-2H3. The van der Waals surface area contributed by atoms with Crippen molar-refractivity contribution >= 4 is 28.6 Å². The van der Waals surface area contributed by atoms with Gasteiger partial charge in [0.15, 0.2) is 5.16 Å². The molecule has 0 unspecified atom stereocenters. The lowest BCUT2D eigenvalue weighted by Gasteiger charge is -2.13. The van der Waals surface area contributed by atoms with Gasteiger partial charge in [-0.3, -0.25) is 9.36 Å². The largest absolute Gasteiger partial charge is 0.463 e. The number of thioether (sulfide) groups is 1. The van der Waals surface area contributed by atoms with E-state index in [1.807, 2.05) is 0 Å². The van der Waals surface area contributed by atoms with Gasteiger partial charge in [-0.1, -0.05) is 30.0 Å². The third kappa shape index (κ3) is 3.73. The number of halogens is 1. The molecule has 0 aliphatic heterocycles. The van der Waals surface area contributed by atoms with Crippen LogP contribution in [0.25, 0.3) is 16.6 Å². The number of benzene rings is 2. The van der Waals surface area contributed by atoms with E-state index < -0.39 is 11.8 Å². The Morgan fingerprint density at radius 2 is 2.00 bits per heavy atom. The van der Waals surface area contributed by atoms with Crippen LogP contribution in [0.4, 0.5) is 4.39 Å². The topological polar surface area (TPSA) is 74.3 Å². The molecule has 0 N–H and O–H groups in total. The van der Waals surface area contributed by atoms with Crippen molar-refractivity contribution in [3.8, 4) is 5.69 Å². The Hall–Kier alpha value is -3.39. The highest BCUT2D eigenvalue weighted by atomic mass is 32.2. The van der Waals surface area contributed by atoms with Crippen molar-refractivity contribution in [2.24, 2.45) is 0 Å². The summed E-state index contributed by atoms with van der Waals surface area (Å²) >= 11 is 1.25. The molecule has 4 aromatic rings. The van der Waals surface area contributed by atoms with Crippen molar-refractivity contribution in [1.82, 2.24) is 9.55 Å². The molecule has 0 saturated heterocycles. The van der Waals surface area contributed by atoms with E-state index in [2.05, 4.69) is 9.72 Å². The number of aromatic nitrogens is 2. The molecular weight excluding hydrogens is 407 g/mol. The first kappa shape index (κ1) is 19.9. The summed E-state index contributed by atoms with van der Waals surface area (Å²) in [5.74, 6) is -0.0442. The van der Waals surface area contributed by atoms with Crippen molar-refractivity contribution in [2.45, 2.75) is 17.8 Å². The number of carbonyl (C=O) groups is 1. The number of fused-ring (bicyclic) bond motifs is 1. The Kier molecular flexibility index (Phi) is 5.41. The SMILES string of the molecule is COC(=O)c1ccc(CSc2nc3ccccc3c(=O)n2-c2ccc(C)c(F)c2)o1. The lowest BCUT2D eigenvalue weighted by Crippen LogP contribution is -2.22. The fraction of sp³-hybridized carbons (Fsp3) is 0.136. The van der Waals surface area contributed by atoms with Crippen LogP contribution in [0.15, 0.2) is 69.0 Å². The second-order valence-corrected chi connectivity index (χ2v) is 7.47. The van der Waals surface area contributed by atoms with Crippen molar-refractivity contribution < 1.29 is 18.3 Å². The maximum atomic E-state index is 14.2. The molecule has 8 heteroatoms. The quantitative estimate of drug-likeness (QED) is 0.267. The number of hydrogen-bond acceptors (Lipinski definition) is 6. The van der Waals surface area contributed by atoms with Crippen LogP contribution in [0, 0.1) is 12.7 Å². The lowest BCUT2D eigenvalue weighted by molar-refractivity contribution is 0.0563. The number of para-hydroxylation sites is 1. The lowest BCUT2D eigenvalue weighted by atomic mass is 10.2. The highest BCUT2D eigenvalue weighted by molar-refractivity contribution is 7.98. The molecule has 0 amide bonds. The first-order valence-corrected chi connectivity index (χ1v) is 10.0. The van der Waals surface area contributed by atoms with Crippen molar-refractivity contribution in [1.29, 1.82) is 0 Å². The maximum absolute atomic E-state index is 14.2. The summed E-state index contributed by atoms with van der Waals surface area (Å²) in [4.78, 5) is 29.4. The van der Waals surface area contributed by atoms with Crippen LogP contribution in [0.1, 0.15) is 21.9 Å². The number of hydrogen-bond donors (Lipinski definition) is 0. The van der Waals surface area contributed by atoms with Crippen molar-refractivity contribution in [3.63, 3.8) is 0 Å². The Labute approximate surface area is 175 Å². The average molecular weight is 424 g/mol. The molecule has 0 saturated carbocycles. The van der Waals surface area contributed by atoms with Crippen LogP contribution in [-0.4, -0.2) is 22.6 Å². The number of rotatable bonds is 5. The van der Waals surface area contributed by atoms with E-state index in [1.54, 1.807) is 49.4 Å². The molecule has 4 rings (SSSR count). The number of methoxy groups -OCH3 is 1. The maximum Gasteiger partial charge on any atom is 0.373 e. The number of nitrogens with zero attached hydrogens (tertiary/aromatic N) is 2. The fourth-order valence-electron chi connectivity index (χ4n) is 2.96. The number of ether oxygens (including phenoxy) is 1. The Balaban J connectivity index is 1.77. The zero-order valence-electron chi connectivity index (χ0n) is 16.2. The first-order valence-electron chi connectivity index (χ1n) is 9.06. The summed E-state index contributed by atoms with van der Waals surface area (Å²) < 4.78 is 25.7. The predicted octanol–water partition coefficient (Wildman–Crippen LogP) is 4.51. The molecular formula is C22H17FN2O4S. The first-order chi connectivity index (χ1) is 14.5. The van der Waals surface area contributed by atoms with Crippen LogP contribution in [-0.2, 0) is 10.5 Å². The van der Waals surface area contributed by atoms with Gasteiger partial charge < -0.3 is 9.15 Å². The zero-order chi connectivity index (χ0) is 21.3. The van der Waals surface area contributed by atoms with E-state index in [0.29, 0.717) is 38.8 Å². The molecule has 0 atom stereocenters. The minimum Gasteiger partial charge on any atom is -0.463 e. The Morgan fingerprint density at radius 3 is 2.77 bits per heavy atom. The van der Waals surface area contributed by atoms with Gasteiger partial charge in [0.05, 0.1) is 29.5 Å². The average Bonchev–Trinajstić information content (AvgIpc) is 3.23. The van der Waals surface area contributed by atoms with E-state index in [1.165, 1.54) is 35.6 Å².